The average molecular weight is 208 g/mol. The zero-order valence-electron chi connectivity index (χ0n) is 8.50. The molecule has 0 bridgehead atoms. The highest BCUT2D eigenvalue weighted by atomic mass is 32.1. The van der Waals surface area contributed by atoms with Crippen molar-refractivity contribution in [1.82, 2.24) is 9.97 Å². The summed E-state index contributed by atoms with van der Waals surface area (Å²) < 4.78 is 5.47. The maximum atomic E-state index is 5.47. The molecule has 0 aromatic carbocycles. The van der Waals surface area contributed by atoms with Gasteiger partial charge in [0, 0.05) is 4.88 Å². The summed E-state index contributed by atoms with van der Waals surface area (Å²) in [6, 6.07) is 0. The van der Waals surface area contributed by atoms with Crippen molar-refractivity contribution < 1.29 is 4.74 Å². The lowest BCUT2D eigenvalue weighted by Crippen LogP contribution is -1.95. The fourth-order valence-corrected chi connectivity index (χ4v) is 2.38. The lowest BCUT2D eigenvalue weighted by Gasteiger charge is -2.02. The summed E-state index contributed by atoms with van der Waals surface area (Å²) in [4.78, 5) is 10.7. The number of ether oxygens (including phenoxy) is 1. The lowest BCUT2D eigenvalue weighted by molar-refractivity contribution is 0.331. The van der Waals surface area contributed by atoms with E-state index in [1.165, 1.54) is 10.4 Å². The van der Waals surface area contributed by atoms with Crippen molar-refractivity contribution in [3.63, 3.8) is 0 Å². The van der Waals surface area contributed by atoms with Gasteiger partial charge in [-0.3, -0.25) is 0 Å². The molecule has 74 valence electrons. The Labute approximate surface area is 86.8 Å². The molecule has 0 aliphatic rings. The molecule has 4 heteroatoms. The van der Waals surface area contributed by atoms with E-state index in [0.717, 1.165) is 10.2 Å². The highest BCUT2D eigenvalue weighted by molar-refractivity contribution is 7.18. The molecule has 0 unspecified atom stereocenters. The van der Waals surface area contributed by atoms with Crippen molar-refractivity contribution >= 4 is 21.6 Å². The molecule has 2 aromatic heterocycles. The quantitative estimate of drug-likeness (QED) is 0.761. The van der Waals surface area contributed by atoms with Crippen LogP contribution >= 0.6 is 11.3 Å². The van der Waals surface area contributed by atoms with Crippen molar-refractivity contribution in [2.24, 2.45) is 0 Å². The molecule has 0 atom stereocenters. The number of aromatic nitrogens is 2. The highest BCUT2D eigenvalue weighted by Gasteiger charge is 2.11. The lowest BCUT2D eigenvalue weighted by atomic mass is 10.2. The van der Waals surface area contributed by atoms with Crippen LogP contribution in [0.4, 0.5) is 0 Å². The molecule has 0 spiro atoms. The zero-order valence-corrected chi connectivity index (χ0v) is 9.31. The number of rotatable bonds is 2. The van der Waals surface area contributed by atoms with Crippen LogP contribution in [0.2, 0.25) is 0 Å². The number of aryl methyl sites for hydroxylation is 2. The monoisotopic (exact) mass is 208 g/mol. The van der Waals surface area contributed by atoms with Crippen molar-refractivity contribution in [3.8, 4) is 5.88 Å². The summed E-state index contributed by atoms with van der Waals surface area (Å²) in [5.74, 6) is 0.708. The van der Waals surface area contributed by atoms with Gasteiger partial charge in [-0.05, 0) is 26.3 Å². The predicted molar refractivity (Wildman–Crippen MR) is 58.1 cm³/mol. The van der Waals surface area contributed by atoms with Gasteiger partial charge in [-0.2, -0.15) is 0 Å². The second kappa shape index (κ2) is 3.53. The van der Waals surface area contributed by atoms with Crippen LogP contribution in [0.25, 0.3) is 10.2 Å². The van der Waals surface area contributed by atoms with Gasteiger partial charge in [0.15, 0.2) is 0 Å². The Morgan fingerprint density at radius 3 is 2.86 bits per heavy atom. The van der Waals surface area contributed by atoms with E-state index < -0.39 is 0 Å². The minimum absolute atomic E-state index is 0.639. The first kappa shape index (κ1) is 9.40. The summed E-state index contributed by atoms with van der Waals surface area (Å²) in [5, 5.41) is 1.07. The molecule has 14 heavy (non-hydrogen) atoms. The largest absolute Gasteiger partial charge is 0.477 e. The van der Waals surface area contributed by atoms with Crippen molar-refractivity contribution in [2.75, 3.05) is 6.61 Å². The Balaban J connectivity index is 2.71. The van der Waals surface area contributed by atoms with E-state index in [0.29, 0.717) is 12.5 Å². The molecule has 0 radical (unpaired) electrons. The van der Waals surface area contributed by atoms with Gasteiger partial charge >= 0.3 is 0 Å². The van der Waals surface area contributed by atoms with E-state index in [2.05, 4.69) is 23.8 Å². The molecule has 0 N–H and O–H groups in total. The smallest absolute Gasteiger partial charge is 0.225 e. The van der Waals surface area contributed by atoms with Crippen molar-refractivity contribution in [1.29, 1.82) is 0 Å². The summed E-state index contributed by atoms with van der Waals surface area (Å²) >= 11 is 1.69. The molecule has 0 fully saturated rings. The highest BCUT2D eigenvalue weighted by Crippen LogP contribution is 2.33. The molecule has 2 heterocycles. The van der Waals surface area contributed by atoms with Crippen molar-refractivity contribution in [2.45, 2.75) is 20.8 Å². The van der Waals surface area contributed by atoms with Crippen LogP contribution in [0, 0.1) is 13.8 Å². The Kier molecular flexibility index (Phi) is 2.37. The molecular formula is C10H12N2OS. The summed E-state index contributed by atoms with van der Waals surface area (Å²) in [6.07, 6.45) is 1.56. The van der Waals surface area contributed by atoms with Crippen molar-refractivity contribution in [3.05, 3.63) is 16.8 Å². The van der Waals surface area contributed by atoms with Crippen LogP contribution in [-0.4, -0.2) is 16.6 Å². The maximum absolute atomic E-state index is 5.47. The molecule has 3 nitrogen and oxygen atoms in total. The average Bonchev–Trinajstić information content (AvgIpc) is 2.45. The predicted octanol–water partition coefficient (Wildman–Crippen LogP) is 2.71. The molecule has 0 saturated carbocycles. The van der Waals surface area contributed by atoms with Crippen LogP contribution in [0.5, 0.6) is 5.88 Å². The standard InChI is InChI=1S/C10H12N2OS/c1-4-13-9-8-6(2)7(3)14-10(8)12-5-11-9/h5H,4H2,1-3H3. The number of hydrogen-bond acceptors (Lipinski definition) is 4. The minimum atomic E-state index is 0.639. The van der Waals surface area contributed by atoms with E-state index >= 15 is 0 Å². The molecule has 0 aliphatic heterocycles. The normalized spacial score (nSPS) is 10.8. The summed E-state index contributed by atoms with van der Waals surface area (Å²) in [6.45, 7) is 6.78. The first-order valence-electron chi connectivity index (χ1n) is 4.57. The van der Waals surface area contributed by atoms with E-state index in [1.54, 1.807) is 17.7 Å². The van der Waals surface area contributed by atoms with Gasteiger partial charge in [-0.15, -0.1) is 11.3 Å². The van der Waals surface area contributed by atoms with Crippen LogP contribution in [0.15, 0.2) is 6.33 Å². The van der Waals surface area contributed by atoms with Gasteiger partial charge in [0.05, 0.1) is 12.0 Å². The fraction of sp³-hybridized carbons (Fsp3) is 0.400. The molecule has 0 amide bonds. The third kappa shape index (κ3) is 1.35. The third-order valence-electron chi connectivity index (χ3n) is 2.21. The van der Waals surface area contributed by atoms with Crippen LogP contribution < -0.4 is 4.74 Å². The number of fused-ring (bicyclic) bond motifs is 1. The van der Waals surface area contributed by atoms with E-state index in [-0.39, 0.29) is 0 Å². The maximum Gasteiger partial charge on any atom is 0.225 e. The minimum Gasteiger partial charge on any atom is -0.477 e. The van der Waals surface area contributed by atoms with Gasteiger partial charge in [-0.1, -0.05) is 0 Å². The van der Waals surface area contributed by atoms with Gasteiger partial charge in [0.2, 0.25) is 5.88 Å². The Hall–Kier alpha value is -1.16. The van der Waals surface area contributed by atoms with Crippen LogP contribution in [0.1, 0.15) is 17.4 Å². The second-order valence-corrected chi connectivity index (χ2v) is 4.28. The summed E-state index contributed by atoms with van der Waals surface area (Å²) in [7, 11) is 0. The number of nitrogens with zero attached hydrogens (tertiary/aromatic N) is 2. The van der Waals surface area contributed by atoms with E-state index in [9.17, 15) is 0 Å². The van der Waals surface area contributed by atoms with Crippen LogP contribution in [0.3, 0.4) is 0 Å². The van der Waals surface area contributed by atoms with E-state index in [1.807, 2.05) is 6.92 Å². The number of hydrogen-bond donors (Lipinski definition) is 0. The zero-order chi connectivity index (χ0) is 10.1. The Morgan fingerprint density at radius 1 is 1.36 bits per heavy atom. The Bertz CT molecular complexity index is 464. The van der Waals surface area contributed by atoms with Gasteiger partial charge in [0.1, 0.15) is 11.2 Å². The fourth-order valence-electron chi connectivity index (χ4n) is 1.40. The molecule has 2 aromatic rings. The first-order valence-corrected chi connectivity index (χ1v) is 5.39. The van der Waals surface area contributed by atoms with Crippen LogP contribution in [-0.2, 0) is 0 Å². The molecular weight excluding hydrogens is 196 g/mol. The van der Waals surface area contributed by atoms with Gasteiger partial charge in [-0.25, -0.2) is 9.97 Å². The third-order valence-corrected chi connectivity index (χ3v) is 3.33. The SMILES string of the molecule is CCOc1ncnc2sc(C)c(C)c12. The first-order chi connectivity index (χ1) is 6.74. The number of thiophene rings is 1. The molecule has 0 aliphatic carbocycles. The molecule has 0 saturated heterocycles. The topological polar surface area (TPSA) is 35.0 Å². The molecule has 2 rings (SSSR count). The van der Waals surface area contributed by atoms with E-state index in [4.69, 9.17) is 4.74 Å². The summed E-state index contributed by atoms with van der Waals surface area (Å²) in [5.41, 5.74) is 1.23. The second-order valence-electron chi connectivity index (χ2n) is 3.08. The Morgan fingerprint density at radius 2 is 2.14 bits per heavy atom. The van der Waals surface area contributed by atoms with Gasteiger partial charge < -0.3 is 4.74 Å². The van der Waals surface area contributed by atoms with Gasteiger partial charge in [0.25, 0.3) is 0 Å².